The van der Waals surface area contributed by atoms with Gasteiger partial charge < -0.3 is 0 Å². The first-order valence-corrected chi connectivity index (χ1v) is 16.9. The van der Waals surface area contributed by atoms with E-state index >= 15 is 0 Å². The fraction of sp³-hybridized carbons (Fsp3) is 0. The van der Waals surface area contributed by atoms with Crippen LogP contribution in [0.25, 0.3) is 87.8 Å². The van der Waals surface area contributed by atoms with Crippen molar-refractivity contribution in [2.75, 3.05) is 0 Å². The summed E-state index contributed by atoms with van der Waals surface area (Å²) in [5, 5.41) is 2.37. The molecule has 0 bridgehead atoms. The molecule has 0 unspecified atom stereocenters. The fourth-order valence-electron chi connectivity index (χ4n) is 6.14. The maximum atomic E-state index is 5.04. The van der Waals surface area contributed by atoms with Gasteiger partial charge in [0.2, 0.25) is 0 Å². The second-order valence-corrected chi connectivity index (χ2v) is 12.9. The van der Waals surface area contributed by atoms with E-state index in [1.54, 1.807) is 17.5 Å². The summed E-state index contributed by atoms with van der Waals surface area (Å²) < 4.78 is 2.45. The first-order chi connectivity index (χ1) is 24.2. The molecule has 230 valence electrons. The van der Waals surface area contributed by atoms with E-state index in [0.29, 0.717) is 17.5 Å². The normalized spacial score (nSPS) is 11.3. The van der Waals surface area contributed by atoms with Crippen LogP contribution < -0.4 is 0 Å². The lowest BCUT2D eigenvalue weighted by Crippen LogP contribution is -2.00. The molecule has 9 aromatic rings. The Morgan fingerprint density at radius 1 is 0.367 bits per heavy atom. The van der Waals surface area contributed by atoms with Crippen molar-refractivity contribution in [3.05, 3.63) is 164 Å². The molecule has 0 N–H and O–H groups in total. The first kappa shape index (κ1) is 28.8. The van der Waals surface area contributed by atoms with Crippen molar-refractivity contribution in [2.45, 2.75) is 0 Å². The van der Waals surface area contributed by atoms with E-state index < -0.39 is 0 Å². The highest BCUT2D eigenvalue weighted by Gasteiger charge is 2.15. The summed E-state index contributed by atoms with van der Waals surface area (Å²) in [4.78, 5) is 24.0. The highest BCUT2D eigenvalue weighted by molar-refractivity contribution is 7.25. The molecule has 49 heavy (non-hydrogen) atoms. The molecule has 0 radical (unpaired) electrons. The van der Waals surface area contributed by atoms with E-state index in [1.807, 2.05) is 60.9 Å². The molecule has 9 rings (SSSR count). The zero-order valence-electron chi connectivity index (χ0n) is 26.2. The number of hydrogen-bond donors (Lipinski definition) is 0. The Labute approximate surface area is 287 Å². The van der Waals surface area contributed by atoms with Crippen molar-refractivity contribution >= 4 is 31.5 Å². The maximum absolute atomic E-state index is 5.04. The average molecular weight is 646 g/mol. The van der Waals surface area contributed by atoms with Gasteiger partial charge in [0.1, 0.15) is 0 Å². The molecule has 0 amide bonds. The highest BCUT2D eigenvalue weighted by atomic mass is 32.1. The van der Waals surface area contributed by atoms with Crippen LogP contribution in [0.15, 0.2) is 164 Å². The summed E-state index contributed by atoms with van der Waals surface area (Å²) in [5.74, 6) is 1.93. The predicted octanol–water partition coefficient (Wildman–Crippen LogP) is 11.0. The number of nitrogens with zero attached hydrogens (tertiary/aromatic N) is 5. The van der Waals surface area contributed by atoms with E-state index in [1.165, 1.54) is 25.7 Å². The van der Waals surface area contributed by atoms with Crippen molar-refractivity contribution in [3.8, 4) is 67.7 Å². The van der Waals surface area contributed by atoms with E-state index in [-0.39, 0.29) is 0 Å². The molecule has 0 saturated carbocycles. The lowest BCUT2D eigenvalue weighted by Gasteiger charge is -2.09. The van der Waals surface area contributed by atoms with Crippen molar-refractivity contribution in [1.29, 1.82) is 0 Å². The molecule has 4 aromatic heterocycles. The van der Waals surface area contributed by atoms with Crippen LogP contribution in [0.1, 0.15) is 0 Å². The topological polar surface area (TPSA) is 64.5 Å². The van der Waals surface area contributed by atoms with E-state index in [0.717, 1.165) is 44.6 Å². The number of fused-ring (bicyclic) bond motifs is 3. The third-order valence-electron chi connectivity index (χ3n) is 8.70. The Balaban J connectivity index is 1.12. The minimum absolute atomic E-state index is 0.642. The maximum Gasteiger partial charge on any atom is 0.164 e. The summed E-state index contributed by atoms with van der Waals surface area (Å²) in [6.07, 6.45) is 5.55. The summed E-state index contributed by atoms with van der Waals surface area (Å²) >= 11 is 1.79. The molecule has 0 fully saturated rings. The van der Waals surface area contributed by atoms with Crippen LogP contribution in [0.5, 0.6) is 0 Å². The smallest absolute Gasteiger partial charge is 0.164 e. The lowest BCUT2D eigenvalue weighted by molar-refractivity contribution is 1.07. The minimum Gasteiger partial charge on any atom is -0.264 e. The third-order valence-corrected chi connectivity index (χ3v) is 9.85. The Kier molecular flexibility index (Phi) is 7.26. The van der Waals surface area contributed by atoms with Crippen LogP contribution in [0.3, 0.4) is 0 Å². The van der Waals surface area contributed by atoms with Gasteiger partial charge in [0.05, 0.1) is 5.69 Å². The van der Waals surface area contributed by atoms with E-state index in [4.69, 9.17) is 19.9 Å². The van der Waals surface area contributed by atoms with E-state index in [9.17, 15) is 0 Å². The summed E-state index contributed by atoms with van der Waals surface area (Å²) in [7, 11) is 0. The summed E-state index contributed by atoms with van der Waals surface area (Å²) in [6, 6.07) is 50.2. The third kappa shape index (κ3) is 5.64. The lowest BCUT2D eigenvalue weighted by atomic mass is 10.0. The van der Waals surface area contributed by atoms with Crippen LogP contribution in [0.4, 0.5) is 0 Å². The Hall–Kier alpha value is -6.37. The van der Waals surface area contributed by atoms with Gasteiger partial charge in [0, 0.05) is 66.6 Å². The standard InChI is InChI=1S/C43H27N5S/c1-3-8-28(9-4-1)29-13-15-31(16-14-29)42-46-41(30-10-5-2-6-11-30)47-43(48-42)33-19-22-40-37(25-33)36-24-32(18-21-39(36)49-40)34-17-20-38(45-27-34)35-12-7-23-44-26-35/h1-27H. The molecule has 0 spiro atoms. The number of hydrogen-bond acceptors (Lipinski definition) is 6. The van der Waals surface area contributed by atoms with E-state index in [2.05, 4.69) is 102 Å². The van der Waals surface area contributed by atoms with Crippen LogP contribution in [0, 0.1) is 0 Å². The molecule has 0 saturated heterocycles. The van der Waals surface area contributed by atoms with Gasteiger partial charge in [-0.25, -0.2) is 15.0 Å². The zero-order valence-corrected chi connectivity index (χ0v) is 27.0. The van der Waals surface area contributed by atoms with Crippen LogP contribution >= 0.6 is 11.3 Å². The number of rotatable bonds is 6. The van der Waals surface area contributed by atoms with Gasteiger partial charge >= 0.3 is 0 Å². The van der Waals surface area contributed by atoms with Crippen LogP contribution in [-0.2, 0) is 0 Å². The van der Waals surface area contributed by atoms with Gasteiger partial charge in [-0.2, -0.15) is 0 Å². The second-order valence-electron chi connectivity index (χ2n) is 11.8. The molecule has 0 aliphatic carbocycles. The zero-order chi connectivity index (χ0) is 32.6. The van der Waals surface area contributed by atoms with Crippen molar-refractivity contribution < 1.29 is 0 Å². The summed E-state index contributed by atoms with van der Waals surface area (Å²) in [6.45, 7) is 0. The summed E-state index contributed by atoms with van der Waals surface area (Å²) in [5.41, 5.74) is 9.25. The Bertz CT molecular complexity index is 2570. The van der Waals surface area contributed by atoms with Gasteiger partial charge in [0.25, 0.3) is 0 Å². The molecule has 4 heterocycles. The predicted molar refractivity (Wildman–Crippen MR) is 201 cm³/mol. The quantitative estimate of drug-likeness (QED) is 0.180. The molecule has 6 heteroatoms. The largest absolute Gasteiger partial charge is 0.264 e. The van der Waals surface area contributed by atoms with Crippen LogP contribution in [0.2, 0.25) is 0 Å². The molecular formula is C43H27N5S. The number of benzene rings is 5. The Morgan fingerprint density at radius 2 is 0.878 bits per heavy atom. The molecule has 0 atom stereocenters. The Morgan fingerprint density at radius 3 is 1.51 bits per heavy atom. The van der Waals surface area contributed by atoms with Gasteiger partial charge in [-0.15, -0.1) is 11.3 Å². The highest BCUT2D eigenvalue weighted by Crippen LogP contribution is 2.38. The molecular weight excluding hydrogens is 619 g/mol. The van der Waals surface area contributed by atoms with Crippen molar-refractivity contribution in [2.24, 2.45) is 0 Å². The first-order valence-electron chi connectivity index (χ1n) is 16.1. The SMILES string of the molecule is c1ccc(-c2ccc(-c3nc(-c4ccccc4)nc(-c4ccc5sc6ccc(-c7ccc(-c8cccnc8)nc7)cc6c5c4)n3)cc2)cc1. The average Bonchev–Trinajstić information content (AvgIpc) is 3.56. The number of thiophene rings is 1. The van der Waals surface area contributed by atoms with Gasteiger partial charge in [-0.3, -0.25) is 9.97 Å². The monoisotopic (exact) mass is 645 g/mol. The second kappa shape index (κ2) is 12.3. The van der Waals surface area contributed by atoms with Gasteiger partial charge in [-0.05, 0) is 65.2 Å². The fourth-order valence-corrected chi connectivity index (χ4v) is 7.21. The van der Waals surface area contributed by atoms with Gasteiger partial charge in [-0.1, -0.05) is 97.1 Å². The molecule has 5 aromatic carbocycles. The molecule has 0 aliphatic rings. The van der Waals surface area contributed by atoms with Gasteiger partial charge in [0.15, 0.2) is 17.5 Å². The van der Waals surface area contributed by atoms with Crippen LogP contribution in [-0.4, -0.2) is 24.9 Å². The molecule has 0 aliphatic heterocycles. The number of aromatic nitrogens is 5. The molecule has 5 nitrogen and oxygen atoms in total. The van der Waals surface area contributed by atoms with Crippen molar-refractivity contribution in [1.82, 2.24) is 24.9 Å². The number of pyridine rings is 2. The van der Waals surface area contributed by atoms with Crippen molar-refractivity contribution in [3.63, 3.8) is 0 Å². The minimum atomic E-state index is 0.642.